The lowest BCUT2D eigenvalue weighted by atomic mass is 9.82. The minimum atomic E-state index is -1.02. The van der Waals surface area contributed by atoms with Crippen LogP contribution in [0.1, 0.15) is 78.7 Å². The normalized spacial score (nSPS) is 19.9. The highest BCUT2D eigenvalue weighted by Crippen LogP contribution is 2.43. The summed E-state index contributed by atoms with van der Waals surface area (Å²) in [5.74, 6) is 0.246. The van der Waals surface area contributed by atoms with E-state index in [1.807, 2.05) is 16.9 Å². The number of hydrogen-bond acceptors (Lipinski definition) is 7. The van der Waals surface area contributed by atoms with E-state index in [2.05, 4.69) is 20.9 Å². The number of carboxylic acid groups (broad SMARTS) is 1. The van der Waals surface area contributed by atoms with Gasteiger partial charge in [-0.15, -0.1) is 0 Å². The smallest absolute Gasteiger partial charge is 0.354 e. The van der Waals surface area contributed by atoms with Crippen molar-refractivity contribution in [3.8, 4) is 5.69 Å². The number of anilines is 1. The van der Waals surface area contributed by atoms with Crippen molar-refractivity contribution in [3.05, 3.63) is 41.5 Å². The van der Waals surface area contributed by atoms with E-state index in [1.165, 1.54) is 6.42 Å². The molecule has 2 saturated heterocycles. The Labute approximate surface area is 216 Å². The third kappa shape index (κ3) is 4.70. The number of nitrogens with zero attached hydrogens (tertiary/aromatic N) is 5. The number of piperidine rings is 1. The number of rotatable bonds is 7. The third-order valence-corrected chi connectivity index (χ3v) is 8.36. The molecule has 3 aliphatic rings. The molecule has 0 spiro atoms. The van der Waals surface area contributed by atoms with Crippen LogP contribution in [-0.2, 0) is 9.47 Å². The van der Waals surface area contributed by atoms with Gasteiger partial charge in [0.2, 0.25) is 0 Å². The Balaban J connectivity index is 1.47. The van der Waals surface area contributed by atoms with E-state index in [9.17, 15) is 9.90 Å². The fraction of sp³-hybridized carbons (Fsp3) is 0.571. The van der Waals surface area contributed by atoms with Crippen LogP contribution >= 0.6 is 0 Å². The number of fused-ring (bicyclic) bond motifs is 1. The Bertz CT molecular complexity index is 1270. The summed E-state index contributed by atoms with van der Waals surface area (Å²) in [7, 11) is 1.75. The molecule has 1 N–H and O–H groups in total. The number of aromatic carboxylic acids is 1. The summed E-state index contributed by atoms with van der Waals surface area (Å²) in [5, 5.41) is 16.1. The summed E-state index contributed by atoms with van der Waals surface area (Å²) in [5.41, 5.74) is 4.59. The van der Waals surface area contributed by atoms with Gasteiger partial charge in [-0.3, -0.25) is 4.98 Å². The van der Waals surface area contributed by atoms with Crippen molar-refractivity contribution < 1.29 is 19.4 Å². The highest BCUT2D eigenvalue weighted by molar-refractivity contribution is 5.98. The van der Waals surface area contributed by atoms with Crippen molar-refractivity contribution in [1.82, 2.24) is 19.7 Å². The standard InChI is InChI=1S/C28H35N5O4/c1-36-17-18-6-11-32(12-7-18)24-16-23(28(34)35)30-27-25(24)26(20-3-2-4-20)31-33(27)21-5-10-29-22(15-21)19-8-13-37-14-9-19/h5,10,15-16,18-20H,2-4,6-9,11-14,17H2,1H3,(H,34,35). The molecule has 37 heavy (non-hydrogen) atoms. The lowest BCUT2D eigenvalue weighted by Gasteiger charge is -2.34. The quantitative estimate of drug-likeness (QED) is 0.499. The van der Waals surface area contributed by atoms with E-state index in [0.29, 0.717) is 23.4 Å². The molecule has 3 aromatic heterocycles. The Morgan fingerprint density at radius 2 is 1.89 bits per heavy atom. The van der Waals surface area contributed by atoms with Crippen LogP contribution in [0, 0.1) is 5.92 Å². The van der Waals surface area contributed by atoms with E-state index in [-0.39, 0.29) is 5.69 Å². The molecule has 0 bridgehead atoms. The SMILES string of the molecule is COCC1CCN(c2cc(C(=O)O)nc3c2c(C2CCC2)nn3-c2ccnc(C3CCOCC3)c2)CC1. The zero-order valence-corrected chi connectivity index (χ0v) is 21.4. The molecule has 0 atom stereocenters. The Hall–Kier alpha value is -3.04. The Morgan fingerprint density at radius 1 is 1.11 bits per heavy atom. The van der Waals surface area contributed by atoms with Crippen molar-refractivity contribution in [2.24, 2.45) is 5.92 Å². The topological polar surface area (TPSA) is 103 Å². The van der Waals surface area contributed by atoms with Crippen molar-refractivity contribution in [1.29, 1.82) is 0 Å². The summed E-state index contributed by atoms with van der Waals surface area (Å²) in [6.07, 6.45) is 9.18. The second kappa shape index (κ2) is 10.4. The molecule has 0 amide bonds. The maximum Gasteiger partial charge on any atom is 0.354 e. The second-order valence-corrected chi connectivity index (χ2v) is 10.7. The van der Waals surface area contributed by atoms with Crippen molar-refractivity contribution in [3.63, 3.8) is 0 Å². The van der Waals surface area contributed by atoms with Gasteiger partial charge in [-0.2, -0.15) is 5.10 Å². The molecular weight excluding hydrogens is 470 g/mol. The molecule has 196 valence electrons. The molecular formula is C28H35N5O4. The zero-order chi connectivity index (χ0) is 25.4. The number of carboxylic acids is 1. The lowest BCUT2D eigenvalue weighted by molar-refractivity contribution is 0.0691. The van der Waals surface area contributed by atoms with E-state index in [1.54, 1.807) is 13.2 Å². The van der Waals surface area contributed by atoms with Crippen molar-refractivity contribution in [2.75, 3.05) is 44.9 Å². The molecule has 0 aromatic carbocycles. The van der Waals surface area contributed by atoms with E-state index in [0.717, 1.165) is 99.6 Å². The van der Waals surface area contributed by atoms with Gasteiger partial charge in [0, 0.05) is 63.7 Å². The molecule has 2 aliphatic heterocycles. The van der Waals surface area contributed by atoms with Gasteiger partial charge < -0.3 is 19.5 Å². The van der Waals surface area contributed by atoms with Crippen LogP contribution in [0.25, 0.3) is 16.7 Å². The van der Waals surface area contributed by atoms with Gasteiger partial charge in [0.1, 0.15) is 0 Å². The van der Waals surface area contributed by atoms with E-state index < -0.39 is 5.97 Å². The average molecular weight is 506 g/mol. The van der Waals surface area contributed by atoms with Crippen molar-refractivity contribution >= 4 is 22.7 Å². The summed E-state index contributed by atoms with van der Waals surface area (Å²) in [4.78, 5) is 23.9. The molecule has 1 aliphatic carbocycles. The number of carbonyl (C=O) groups is 1. The molecule has 5 heterocycles. The van der Waals surface area contributed by atoms with Gasteiger partial charge in [0.15, 0.2) is 11.3 Å². The zero-order valence-electron chi connectivity index (χ0n) is 21.4. The predicted octanol–water partition coefficient (Wildman–Crippen LogP) is 4.54. The van der Waals surface area contributed by atoms with Crippen LogP contribution in [0.3, 0.4) is 0 Å². The average Bonchev–Trinajstić information content (AvgIpc) is 3.27. The summed E-state index contributed by atoms with van der Waals surface area (Å²) in [6, 6.07) is 5.80. The Morgan fingerprint density at radius 3 is 2.57 bits per heavy atom. The number of hydrogen-bond donors (Lipinski definition) is 1. The lowest BCUT2D eigenvalue weighted by Crippen LogP contribution is -2.35. The summed E-state index contributed by atoms with van der Waals surface area (Å²) >= 11 is 0. The highest BCUT2D eigenvalue weighted by Gasteiger charge is 2.31. The number of ether oxygens (including phenoxy) is 2. The molecule has 9 nitrogen and oxygen atoms in total. The van der Waals surface area contributed by atoms with Crippen LogP contribution < -0.4 is 4.90 Å². The van der Waals surface area contributed by atoms with Crippen LogP contribution in [-0.4, -0.2) is 70.8 Å². The fourth-order valence-corrected chi connectivity index (χ4v) is 5.99. The summed E-state index contributed by atoms with van der Waals surface area (Å²) in [6.45, 7) is 4.00. The van der Waals surface area contributed by atoms with Gasteiger partial charge in [-0.05, 0) is 62.6 Å². The first-order valence-electron chi connectivity index (χ1n) is 13.6. The number of methoxy groups -OCH3 is 1. The molecule has 1 saturated carbocycles. The molecule has 6 rings (SSSR count). The molecule has 9 heteroatoms. The predicted molar refractivity (Wildman–Crippen MR) is 140 cm³/mol. The van der Waals surface area contributed by atoms with Gasteiger partial charge in [0.05, 0.1) is 22.5 Å². The monoisotopic (exact) mass is 505 g/mol. The largest absolute Gasteiger partial charge is 0.477 e. The molecule has 0 unspecified atom stereocenters. The molecule has 0 radical (unpaired) electrons. The third-order valence-electron chi connectivity index (χ3n) is 8.36. The first kappa shape index (κ1) is 24.3. The minimum absolute atomic E-state index is 0.0570. The van der Waals surface area contributed by atoms with Crippen LogP contribution in [0.5, 0.6) is 0 Å². The summed E-state index contributed by atoms with van der Waals surface area (Å²) < 4.78 is 12.8. The van der Waals surface area contributed by atoms with E-state index in [4.69, 9.17) is 14.6 Å². The first-order valence-corrected chi connectivity index (χ1v) is 13.6. The van der Waals surface area contributed by atoms with Crippen LogP contribution in [0.2, 0.25) is 0 Å². The number of aromatic nitrogens is 4. The van der Waals surface area contributed by atoms with Gasteiger partial charge in [-0.25, -0.2) is 14.5 Å². The van der Waals surface area contributed by atoms with Gasteiger partial charge in [0.25, 0.3) is 0 Å². The van der Waals surface area contributed by atoms with Crippen LogP contribution in [0.15, 0.2) is 24.4 Å². The first-order chi connectivity index (χ1) is 18.1. The number of pyridine rings is 2. The van der Waals surface area contributed by atoms with Gasteiger partial charge in [-0.1, -0.05) is 6.42 Å². The second-order valence-electron chi connectivity index (χ2n) is 10.7. The van der Waals surface area contributed by atoms with Crippen molar-refractivity contribution in [2.45, 2.75) is 56.8 Å². The Kier molecular flexibility index (Phi) is 6.82. The maximum absolute atomic E-state index is 12.2. The van der Waals surface area contributed by atoms with E-state index >= 15 is 0 Å². The van der Waals surface area contributed by atoms with Gasteiger partial charge >= 0.3 is 5.97 Å². The van der Waals surface area contributed by atoms with Crippen LogP contribution in [0.4, 0.5) is 5.69 Å². The maximum atomic E-state index is 12.2. The fourth-order valence-electron chi connectivity index (χ4n) is 5.99. The highest BCUT2D eigenvalue weighted by atomic mass is 16.5. The minimum Gasteiger partial charge on any atom is -0.477 e. The molecule has 3 fully saturated rings. The molecule has 3 aromatic rings.